The van der Waals surface area contributed by atoms with Crippen molar-refractivity contribution in [3.8, 4) is 5.75 Å². The molecule has 0 heterocycles. The van der Waals surface area contributed by atoms with Gasteiger partial charge in [0.15, 0.2) is 0 Å². The summed E-state index contributed by atoms with van der Waals surface area (Å²) >= 11 is 0. The van der Waals surface area contributed by atoms with Crippen LogP contribution in [0.4, 0.5) is 8.78 Å². The van der Waals surface area contributed by atoms with Crippen LogP contribution in [0.2, 0.25) is 0 Å². The molecule has 0 aliphatic heterocycles. The average molecular weight is 280 g/mol. The van der Waals surface area contributed by atoms with Crippen molar-refractivity contribution in [1.82, 2.24) is 4.72 Å². The molecule has 0 aliphatic rings. The first kappa shape index (κ1) is 14.8. The molecule has 0 fully saturated rings. The first-order chi connectivity index (χ1) is 8.40. The second kappa shape index (κ2) is 6.07. The summed E-state index contributed by atoms with van der Waals surface area (Å²) in [4.78, 5) is -0.121. The minimum absolute atomic E-state index is 0.0847. The Morgan fingerprint density at radius 3 is 2.61 bits per heavy atom. The van der Waals surface area contributed by atoms with Crippen LogP contribution in [0, 0.1) is 0 Å². The first-order valence-corrected chi connectivity index (χ1v) is 6.54. The van der Waals surface area contributed by atoms with Crippen molar-refractivity contribution in [2.75, 3.05) is 13.7 Å². The van der Waals surface area contributed by atoms with Crippen molar-refractivity contribution >= 4 is 10.0 Å². The van der Waals surface area contributed by atoms with Gasteiger partial charge >= 0.3 is 0 Å². The van der Waals surface area contributed by atoms with Crippen molar-refractivity contribution in [2.45, 2.75) is 17.9 Å². The van der Waals surface area contributed by atoms with E-state index >= 15 is 0 Å². The molecule has 8 heteroatoms. The molecule has 0 spiro atoms. The van der Waals surface area contributed by atoms with Crippen LogP contribution in [0.25, 0.3) is 0 Å². The lowest BCUT2D eigenvalue weighted by Crippen LogP contribution is -2.28. The van der Waals surface area contributed by atoms with Gasteiger partial charge in [0.05, 0.1) is 18.6 Å². The van der Waals surface area contributed by atoms with Gasteiger partial charge in [-0.25, -0.2) is 21.9 Å². The van der Waals surface area contributed by atoms with Gasteiger partial charge in [-0.3, -0.25) is 0 Å². The van der Waals surface area contributed by atoms with Crippen molar-refractivity contribution < 1.29 is 21.9 Å². The van der Waals surface area contributed by atoms with Crippen LogP contribution in [0.5, 0.6) is 5.75 Å². The molecule has 0 saturated heterocycles. The highest BCUT2D eigenvalue weighted by atomic mass is 32.2. The highest BCUT2D eigenvalue weighted by molar-refractivity contribution is 7.89. The number of hydrogen-bond acceptors (Lipinski definition) is 4. The standard InChI is InChI=1S/C10H14F2N2O3S/c1-17-9-3-2-8(4-7(9)5-13)18(15,16)14-6-10(11)12/h2-4,10,14H,5-6,13H2,1H3. The van der Waals surface area contributed by atoms with E-state index in [0.29, 0.717) is 11.3 Å². The van der Waals surface area contributed by atoms with Crippen LogP contribution in [-0.4, -0.2) is 28.5 Å². The van der Waals surface area contributed by atoms with E-state index in [9.17, 15) is 17.2 Å². The predicted molar refractivity (Wildman–Crippen MR) is 62.1 cm³/mol. The quantitative estimate of drug-likeness (QED) is 0.803. The number of benzene rings is 1. The number of hydrogen-bond donors (Lipinski definition) is 2. The van der Waals surface area contributed by atoms with Gasteiger partial charge in [-0.15, -0.1) is 0 Å². The molecule has 18 heavy (non-hydrogen) atoms. The van der Waals surface area contributed by atoms with Crippen LogP contribution >= 0.6 is 0 Å². The third kappa shape index (κ3) is 3.62. The number of halogens is 2. The summed E-state index contributed by atoms with van der Waals surface area (Å²) in [6.45, 7) is -0.840. The molecule has 0 amide bonds. The smallest absolute Gasteiger partial charge is 0.251 e. The Hall–Kier alpha value is -1.25. The van der Waals surface area contributed by atoms with Gasteiger partial charge < -0.3 is 10.5 Å². The van der Waals surface area contributed by atoms with E-state index in [4.69, 9.17) is 10.5 Å². The van der Waals surface area contributed by atoms with Crippen LogP contribution in [0.15, 0.2) is 23.1 Å². The molecule has 0 aromatic heterocycles. The Balaban J connectivity index is 3.02. The summed E-state index contributed by atoms with van der Waals surface area (Å²) < 4.78 is 54.1. The molecule has 0 radical (unpaired) electrons. The highest BCUT2D eigenvalue weighted by Crippen LogP contribution is 2.21. The first-order valence-electron chi connectivity index (χ1n) is 5.05. The van der Waals surface area contributed by atoms with Gasteiger partial charge in [-0.05, 0) is 18.2 Å². The molecule has 102 valence electrons. The van der Waals surface area contributed by atoms with Gasteiger partial charge in [0.1, 0.15) is 5.75 Å². The predicted octanol–water partition coefficient (Wildman–Crippen LogP) is 0.697. The third-order valence-corrected chi connectivity index (χ3v) is 3.63. The second-order valence-corrected chi connectivity index (χ2v) is 5.19. The lowest BCUT2D eigenvalue weighted by Gasteiger charge is -2.10. The summed E-state index contributed by atoms with van der Waals surface area (Å²) in [6, 6.07) is 4.00. The zero-order chi connectivity index (χ0) is 13.8. The van der Waals surface area contributed by atoms with Crippen LogP contribution in [0.1, 0.15) is 5.56 Å². The SMILES string of the molecule is COc1ccc(S(=O)(=O)NCC(F)F)cc1CN. The van der Waals surface area contributed by atoms with Gasteiger partial charge in [0.25, 0.3) is 6.43 Å². The van der Waals surface area contributed by atoms with E-state index in [-0.39, 0.29) is 11.4 Å². The van der Waals surface area contributed by atoms with Gasteiger partial charge in [0, 0.05) is 12.1 Å². The van der Waals surface area contributed by atoms with Crippen molar-refractivity contribution in [3.05, 3.63) is 23.8 Å². The average Bonchev–Trinajstić information content (AvgIpc) is 2.35. The van der Waals surface area contributed by atoms with E-state index in [1.807, 2.05) is 0 Å². The summed E-state index contributed by atoms with van der Waals surface area (Å²) in [5.74, 6) is 0.449. The van der Waals surface area contributed by atoms with Crippen molar-refractivity contribution in [2.24, 2.45) is 5.73 Å². The summed E-state index contributed by atoms with van der Waals surface area (Å²) in [7, 11) is -2.53. The van der Waals surface area contributed by atoms with Gasteiger partial charge in [-0.2, -0.15) is 0 Å². The zero-order valence-electron chi connectivity index (χ0n) is 9.69. The van der Waals surface area contributed by atoms with E-state index in [1.165, 1.54) is 25.3 Å². The van der Waals surface area contributed by atoms with E-state index in [2.05, 4.69) is 0 Å². The van der Waals surface area contributed by atoms with Crippen LogP contribution in [0.3, 0.4) is 0 Å². The number of alkyl halides is 2. The number of methoxy groups -OCH3 is 1. The second-order valence-electron chi connectivity index (χ2n) is 3.42. The molecule has 0 bridgehead atoms. The molecule has 3 N–H and O–H groups in total. The highest BCUT2D eigenvalue weighted by Gasteiger charge is 2.17. The number of nitrogens with two attached hydrogens (primary N) is 1. The zero-order valence-corrected chi connectivity index (χ0v) is 10.5. The molecule has 1 aromatic carbocycles. The lowest BCUT2D eigenvalue weighted by atomic mass is 10.2. The lowest BCUT2D eigenvalue weighted by molar-refractivity contribution is 0.153. The summed E-state index contributed by atoms with van der Waals surface area (Å²) in [5, 5.41) is 0. The minimum Gasteiger partial charge on any atom is -0.496 e. The van der Waals surface area contributed by atoms with E-state index in [1.54, 1.807) is 4.72 Å². The Labute approximate surface area is 104 Å². The number of sulfonamides is 1. The fourth-order valence-corrected chi connectivity index (χ4v) is 2.39. The minimum atomic E-state index is -3.95. The maximum atomic E-state index is 12.0. The molecule has 1 rings (SSSR count). The summed E-state index contributed by atoms with van der Waals surface area (Å²) in [6.07, 6.45) is -2.74. The van der Waals surface area contributed by atoms with Crippen LogP contribution < -0.4 is 15.2 Å². The maximum absolute atomic E-state index is 12.0. The Morgan fingerprint density at radius 2 is 2.11 bits per heavy atom. The molecule has 0 saturated carbocycles. The molecule has 5 nitrogen and oxygen atoms in total. The molecule has 1 aromatic rings. The van der Waals surface area contributed by atoms with E-state index < -0.39 is 23.0 Å². The maximum Gasteiger partial charge on any atom is 0.251 e. The van der Waals surface area contributed by atoms with Crippen molar-refractivity contribution in [3.63, 3.8) is 0 Å². The number of ether oxygens (including phenoxy) is 1. The summed E-state index contributed by atoms with van der Waals surface area (Å²) in [5.41, 5.74) is 5.93. The third-order valence-electron chi connectivity index (χ3n) is 2.21. The normalized spacial score (nSPS) is 11.8. The largest absolute Gasteiger partial charge is 0.496 e. The number of nitrogens with one attached hydrogen (secondary N) is 1. The molecular formula is C10H14F2N2O3S. The Morgan fingerprint density at radius 1 is 1.44 bits per heavy atom. The fourth-order valence-electron chi connectivity index (χ4n) is 1.34. The van der Waals surface area contributed by atoms with Gasteiger partial charge in [0.2, 0.25) is 10.0 Å². The molecule has 0 atom stereocenters. The van der Waals surface area contributed by atoms with Gasteiger partial charge in [-0.1, -0.05) is 0 Å². The Bertz CT molecular complexity index is 506. The molecule has 0 unspecified atom stereocenters. The van der Waals surface area contributed by atoms with E-state index in [0.717, 1.165) is 0 Å². The molecule has 0 aliphatic carbocycles. The topological polar surface area (TPSA) is 81.4 Å². The molecular weight excluding hydrogens is 266 g/mol. The Kier molecular flexibility index (Phi) is 5.00. The fraction of sp³-hybridized carbons (Fsp3) is 0.400. The van der Waals surface area contributed by atoms with Crippen molar-refractivity contribution in [1.29, 1.82) is 0 Å². The van der Waals surface area contributed by atoms with Crippen LogP contribution in [-0.2, 0) is 16.6 Å². The monoisotopic (exact) mass is 280 g/mol. The number of rotatable bonds is 6.